The summed E-state index contributed by atoms with van der Waals surface area (Å²) in [5.41, 5.74) is 0. The molecule has 0 atom stereocenters. The Balaban J connectivity index is 3.33. The standard InChI is InChI=1S/C8H19N/c1-5-7-8-9(3,4)6-2/h1,5-8H2,2-4H3/q+1. The molecule has 0 saturated carbocycles. The van der Waals surface area contributed by atoms with Crippen LogP contribution in [0.25, 0.3) is 0 Å². The van der Waals surface area contributed by atoms with Crippen molar-refractivity contribution in [2.45, 2.75) is 19.8 Å². The van der Waals surface area contributed by atoms with Gasteiger partial charge in [-0.2, -0.15) is 0 Å². The maximum Gasteiger partial charge on any atom is 0.0782 e. The van der Waals surface area contributed by atoms with Crippen molar-refractivity contribution < 1.29 is 4.48 Å². The van der Waals surface area contributed by atoms with E-state index in [9.17, 15) is 0 Å². The van der Waals surface area contributed by atoms with Crippen LogP contribution in [-0.2, 0) is 0 Å². The van der Waals surface area contributed by atoms with Gasteiger partial charge in [0.05, 0.1) is 27.2 Å². The van der Waals surface area contributed by atoms with E-state index in [0.29, 0.717) is 0 Å². The van der Waals surface area contributed by atoms with Crippen LogP contribution in [-0.4, -0.2) is 31.7 Å². The van der Waals surface area contributed by atoms with E-state index in [-0.39, 0.29) is 0 Å². The summed E-state index contributed by atoms with van der Waals surface area (Å²) in [4.78, 5) is 0. The lowest BCUT2D eigenvalue weighted by molar-refractivity contribution is -0.888. The zero-order valence-corrected chi connectivity index (χ0v) is 6.98. The summed E-state index contributed by atoms with van der Waals surface area (Å²) >= 11 is 0. The molecule has 0 fully saturated rings. The van der Waals surface area contributed by atoms with Gasteiger partial charge >= 0.3 is 0 Å². The summed E-state index contributed by atoms with van der Waals surface area (Å²) in [5, 5.41) is 0. The van der Waals surface area contributed by atoms with Crippen molar-refractivity contribution in [2.75, 3.05) is 27.2 Å². The van der Waals surface area contributed by atoms with E-state index < -0.39 is 0 Å². The van der Waals surface area contributed by atoms with Gasteiger partial charge in [-0.25, -0.2) is 0 Å². The van der Waals surface area contributed by atoms with Gasteiger partial charge in [0, 0.05) is 0 Å². The fourth-order valence-corrected chi connectivity index (χ4v) is 0.698. The molecule has 0 unspecified atom stereocenters. The first-order valence-electron chi connectivity index (χ1n) is 3.73. The van der Waals surface area contributed by atoms with Gasteiger partial charge in [-0.05, 0) is 19.8 Å². The van der Waals surface area contributed by atoms with E-state index in [1.165, 1.54) is 19.5 Å². The molecule has 1 heteroatoms. The maximum atomic E-state index is 3.81. The second-order valence-electron chi connectivity index (χ2n) is 3.18. The van der Waals surface area contributed by atoms with Gasteiger partial charge in [-0.1, -0.05) is 6.92 Å². The quantitative estimate of drug-likeness (QED) is 0.507. The van der Waals surface area contributed by atoms with Crippen LogP contribution in [0.2, 0.25) is 0 Å². The average Bonchev–Trinajstić information content (AvgIpc) is 1.84. The lowest BCUT2D eigenvalue weighted by Gasteiger charge is -2.27. The van der Waals surface area contributed by atoms with Crippen LogP contribution in [0.5, 0.6) is 0 Å². The summed E-state index contributed by atoms with van der Waals surface area (Å²) in [6, 6.07) is 0. The van der Waals surface area contributed by atoms with E-state index in [0.717, 1.165) is 10.9 Å². The molecule has 55 valence electrons. The lowest BCUT2D eigenvalue weighted by atomic mass is 10.3. The highest BCUT2D eigenvalue weighted by molar-refractivity contribution is 4.39. The third kappa shape index (κ3) is 4.46. The number of quaternary nitrogens is 1. The molecule has 0 amide bonds. The Morgan fingerprint density at radius 1 is 1.33 bits per heavy atom. The predicted octanol–water partition coefficient (Wildman–Crippen LogP) is 1.70. The fraction of sp³-hybridized carbons (Fsp3) is 0.875. The van der Waals surface area contributed by atoms with Gasteiger partial charge in [0.2, 0.25) is 0 Å². The number of rotatable bonds is 4. The largest absolute Gasteiger partial charge is 0.329 e. The molecule has 0 aromatic heterocycles. The Kier molecular flexibility index (Phi) is 3.87. The van der Waals surface area contributed by atoms with Crippen LogP contribution >= 0.6 is 0 Å². The molecule has 0 N–H and O–H groups in total. The molecule has 9 heavy (non-hydrogen) atoms. The van der Waals surface area contributed by atoms with Crippen LogP contribution in [0.4, 0.5) is 0 Å². The topological polar surface area (TPSA) is 0 Å². The van der Waals surface area contributed by atoms with Crippen LogP contribution in [0.15, 0.2) is 0 Å². The Bertz CT molecular complexity index is 67.0. The monoisotopic (exact) mass is 129 g/mol. The second-order valence-corrected chi connectivity index (χ2v) is 3.18. The highest BCUT2D eigenvalue weighted by atomic mass is 15.3. The van der Waals surface area contributed by atoms with Gasteiger partial charge in [-0.15, -0.1) is 0 Å². The normalized spacial score (nSPS) is 12.0. The number of hydrogen-bond donors (Lipinski definition) is 0. The third-order valence-corrected chi connectivity index (χ3v) is 1.87. The molecule has 0 aromatic rings. The minimum absolute atomic E-state index is 1.07. The first-order valence-corrected chi connectivity index (χ1v) is 3.73. The van der Waals surface area contributed by atoms with Crippen molar-refractivity contribution in [1.82, 2.24) is 0 Å². The van der Waals surface area contributed by atoms with E-state index in [1.807, 2.05) is 0 Å². The van der Waals surface area contributed by atoms with Crippen LogP contribution < -0.4 is 0 Å². The minimum Gasteiger partial charge on any atom is -0.329 e. The predicted molar refractivity (Wildman–Crippen MR) is 42.1 cm³/mol. The SMILES string of the molecule is [CH2]CCC[N+](C)(C)CC. The van der Waals surface area contributed by atoms with Gasteiger partial charge in [0.1, 0.15) is 0 Å². The molecule has 0 saturated heterocycles. The minimum atomic E-state index is 1.07. The molecular weight excluding hydrogens is 110 g/mol. The fourth-order valence-electron chi connectivity index (χ4n) is 0.698. The van der Waals surface area contributed by atoms with E-state index in [1.54, 1.807) is 0 Å². The molecule has 0 spiro atoms. The van der Waals surface area contributed by atoms with Crippen molar-refractivity contribution in [3.05, 3.63) is 6.92 Å². The molecule has 0 rings (SSSR count). The number of hydrogen-bond acceptors (Lipinski definition) is 0. The molecule has 0 heterocycles. The molecule has 1 radical (unpaired) electrons. The van der Waals surface area contributed by atoms with Gasteiger partial charge in [-0.3, -0.25) is 0 Å². The summed E-state index contributed by atoms with van der Waals surface area (Å²) < 4.78 is 1.13. The second kappa shape index (κ2) is 3.89. The molecule has 0 aliphatic heterocycles. The Hall–Kier alpha value is -0.0400. The highest BCUT2D eigenvalue weighted by Gasteiger charge is 2.08. The van der Waals surface area contributed by atoms with Crippen molar-refractivity contribution >= 4 is 0 Å². The first kappa shape index (κ1) is 8.96. The molecular formula is C8H19N+. The number of nitrogens with zero attached hydrogens (tertiary/aromatic N) is 1. The van der Waals surface area contributed by atoms with E-state index in [4.69, 9.17) is 0 Å². The summed E-state index contributed by atoms with van der Waals surface area (Å²) in [6.45, 7) is 8.52. The van der Waals surface area contributed by atoms with Crippen molar-refractivity contribution in [2.24, 2.45) is 0 Å². The lowest BCUT2D eigenvalue weighted by Crippen LogP contribution is -2.39. The van der Waals surface area contributed by atoms with Crippen molar-refractivity contribution in [3.8, 4) is 0 Å². The molecule has 0 aromatic carbocycles. The summed E-state index contributed by atoms with van der Waals surface area (Å²) in [6.07, 6.45) is 2.32. The van der Waals surface area contributed by atoms with E-state index in [2.05, 4.69) is 27.9 Å². The maximum absolute atomic E-state index is 3.81. The van der Waals surface area contributed by atoms with Gasteiger partial charge in [0.25, 0.3) is 0 Å². The smallest absolute Gasteiger partial charge is 0.0782 e. The van der Waals surface area contributed by atoms with E-state index >= 15 is 0 Å². The molecule has 0 aliphatic carbocycles. The Morgan fingerprint density at radius 3 is 2.22 bits per heavy atom. The van der Waals surface area contributed by atoms with Gasteiger partial charge in [0.15, 0.2) is 0 Å². The highest BCUT2D eigenvalue weighted by Crippen LogP contribution is 1.99. The molecule has 0 aliphatic rings. The molecule has 1 nitrogen and oxygen atoms in total. The summed E-state index contributed by atoms with van der Waals surface area (Å²) in [7, 11) is 4.52. The van der Waals surface area contributed by atoms with Crippen LogP contribution in [0.1, 0.15) is 19.8 Å². The van der Waals surface area contributed by atoms with Crippen molar-refractivity contribution in [3.63, 3.8) is 0 Å². The Labute approximate surface area is 59.3 Å². The Morgan fingerprint density at radius 2 is 1.89 bits per heavy atom. The third-order valence-electron chi connectivity index (χ3n) is 1.87. The average molecular weight is 129 g/mol. The molecule has 0 bridgehead atoms. The van der Waals surface area contributed by atoms with Crippen LogP contribution in [0.3, 0.4) is 0 Å². The zero-order chi connectivity index (χ0) is 7.33. The summed E-state index contributed by atoms with van der Waals surface area (Å²) in [5.74, 6) is 0. The van der Waals surface area contributed by atoms with Crippen LogP contribution in [0, 0.1) is 6.92 Å². The van der Waals surface area contributed by atoms with Gasteiger partial charge < -0.3 is 4.48 Å². The first-order chi connectivity index (χ1) is 4.12. The number of unbranched alkanes of at least 4 members (excludes halogenated alkanes) is 1. The van der Waals surface area contributed by atoms with Crippen molar-refractivity contribution in [1.29, 1.82) is 0 Å². The zero-order valence-electron chi connectivity index (χ0n) is 6.98.